The van der Waals surface area contributed by atoms with Gasteiger partial charge in [0.1, 0.15) is 0 Å². The van der Waals surface area contributed by atoms with Gasteiger partial charge >= 0.3 is 0 Å². The molecule has 0 amide bonds. The maximum absolute atomic E-state index is 8.85. The van der Waals surface area contributed by atoms with Gasteiger partial charge in [-0.3, -0.25) is 0 Å². The molecule has 51 heavy (non-hydrogen) atoms. The molecule has 0 N–H and O–H groups in total. The van der Waals surface area contributed by atoms with Gasteiger partial charge in [0.15, 0.2) is 0 Å². The van der Waals surface area contributed by atoms with Gasteiger partial charge in [0.2, 0.25) is 0 Å². The molecule has 0 nitrogen and oxygen atoms in total. The Labute approximate surface area is 308 Å². The van der Waals surface area contributed by atoms with Gasteiger partial charge in [-0.15, -0.1) is 11.3 Å². The highest BCUT2D eigenvalue weighted by Crippen LogP contribution is 2.44. The van der Waals surface area contributed by atoms with Crippen LogP contribution in [0.4, 0.5) is 0 Å². The monoisotopic (exact) mass is 669 g/mol. The topological polar surface area (TPSA) is 0 Å². The van der Waals surface area contributed by atoms with Gasteiger partial charge in [-0.25, -0.2) is 0 Å². The summed E-state index contributed by atoms with van der Waals surface area (Å²) in [6, 6.07) is 56.0. The predicted octanol–water partition coefficient (Wildman–Crippen LogP) is 14.7. The molecule has 9 aromatic carbocycles. The van der Waals surface area contributed by atoms with Crippen molar-refractivity contribution in [3.63, 3.8) is 0 Å². The van der Waals surface area contributed by atoms with E-state index in [0.717, 1.165) is 43.8 Å². The number of rotatable bonds is 5. The van der Waals surface area contributed by atoms with E-state index in [-0.39, 0.29) is 29.7 Å². The summed E-state index contributed by atoms with van der Waals surface area (Å²) < 4.78 is 45.2. The quantitative estimate of drug-likeness (QED) is 0.160. The van der Waals surface area contributed by atoms with Crippen molar-refractivity contribution in [3.8, 4) is 55.6 Å². The fourth-order valence-corrected chi connectivity index (χ4v) is 8.63. The first-order chi connectivity index (χ1) is 27.4. The number of hydrogen-bond acceptors (Lipinski definition) is 1. The van der Waals surface area contributed by atoms with E-state index in [4.69, 9.17) is 6.85 Å². The zero-order valence-electron chi connectivity index (χ0n) is 32.5. The van der Waals surface area contributed by atoms with Gasteiger partial charge in [0, 0.05) is 20.2 Å². The Hall–Kier alpha value is -6.28. The summed E-state index contributed by atoms with van der Waals surface area (Å²) in [4.78, 5) is 0. The van der Waals surface area contributed by atoms with E-state index in [1.807, 2.05) is 53.8 Å². The molecule has 0 saturated carbocycles. The van der Waals surface area contributed by atoms with Crippen molar-refractivity contribution >= 4 is 53.1 Å². The summed E-state index contributed by atoms with van der Waals surface area (Å²) in [7, 11) is 0. The average molecular weight is 670 g/mol. The summed E-state index contributed by atoms with van der Waals surface area (Å²) in [6.07, 6.45) is 0. The van der Waals surface area contributed by atoms with Gasteiger partial charge in [0.05, 0.1) is 6.85 Å². The van der Waals surface area contributed by atoms with E-state index >= 15 is 0 Å². The summed E-state index contributed by atoms with van der Waals surface area (Å²) >= 11 is 1.82. The molecule has 1 heterocycles. The Balaban J connectivity index is 1.07. The van der Waals surface area contributed by atoms with E-state index < -0.39 is 6.04 Å². The molecule has 238 valence electrons. The molecule has 1 heteroatoms. The standard InChI is InChI=1S/C50H32S/c1-3-12-33(13-4-1)37-16-11-17-38(30-37)40-27-29-48-46(32-40)45-31-39(26-28-47(45)51-48)34-22-24-36(25-23-34)50-43-20-9-7-18-41(43)49(35-14-5-2-6-15-35)42-19-8-10-21-44(42)50/h1-32H/i2D,5D,6D,14D,15D. The second kappa shape index (κ2) is 12.2. The molecule has 0 fully saturated rings. The highest BCUT2D eigenvalue weighted by Gasteiger charge is 2.17. The lowest BCUT2D eigenvalue weighted by molar-refractivity contribution is 1.60. The molecule has 0 aliphatic heterocycles. The first-order valence-electron chi connectivity index (χ1n) is 19.6. The minimum absolute atomic E-state index is 0.202. The van der Waals surface area contributed by atoms with Gasteiger partial charge in [-0.1, -0.05) is 164 Å². The van der Waals surface area contributed by atoms with Crippen LogP contribution in [-0.2, 0) is 0 Å². The zero-order valence-corrected chi connectivity index (χ0v) is 28.3. The highest BCUT2D eigenvalue weighted by molar-refractivity contribution is 7.25. The fourth-order valence-electron chi connectivity index (χ4n) is 7.56. The lowest BCUT2D eigenvalue weighted by Gasteiger charge is -2.18. The van der Waals surface area contributed by atoms with E-state index in [0.29, 0.717) is 5.56 Å². The van der Waals surface area contributed by atoms with Crippen LogP contribution in [0.15, 0.2) is 194 Å². The first-order valence-corrected chi connectivity index (χ1v) is 17.9. The second-order valence-electron chi connectivity index (χ2n) is 12.9. The van der Waals surface area contributed by atoms with Crippen LogP contribution in [-0.4, -0.2) is 0 Å². The molecule has 10 aromatic rings. The van der Waals surface area contributed by atoms with Gasteiger partial charge < -0.3 is 0 Å². The van der Waals surface area contributed by atoms with Crippen molar-refractivity contribution in [1.82, 2.24) is 0 Å². The molecule has 0 atom stereocenters. The predicted molar refractivity (Wildman–Crippen MR) is 222 cm³/mol. The van der Waals surface area contributed by atoms with Crippen molar-refractivity contribution < 1.29 is 6.85 Å². The van der Waals surface area contributed by atoms with Crippen LogP contribution in [0.1, 0.15) is 6.85 Å². The van der Waals surface area contributed by atoms with Gasteiger partial charge in [-0.2, -0.15) is 0 Å². The van der Waals surface area contributed by atoms with Crippen LogP contribution >= 0.6 is 11.3 Å². The van der Waals surface area contributed by atoms with E-state index in [1.54, 1.807) is 0 Å². The largest absolute Gasteiger partial charge is 0.135 e. The van der Waals surface area contributed by atoms with Crippen LogP contribution in [0, 0.1) is 0 Å². The molecule has 10 rings (SSSR count). The highest BCUT2D eigenvalue weighted by atomic mass is 32.1. The molecule has 1 aromatic heterocycles. The Bertz CT molecular complexity index is 3100. The molecule has 0 spiro atoms. The Morgan fingerprint density at radius 3 is 1.29 bits per heavy atom. The molecular formula is C50H32S. The Kier molecular flexibility index (Phi) is 5.95. The average Bonchev–Trinajstić information content (AvgIpc) is 3.62. The molecule has 0 unspecified atom stereocenters. The third kappa shape index (κ3) is 5.14. The minimum Gasteiger partial charge on any atom is -0.135 e. The minimum atomic E-state index is -0.394. The lowest BCUT2D eigenvalue weighted by Crippen LogP contribution is -1.90. The van der Waals surface area contributed by atoms with Crippen molar-refractivity contribution in [3.05, 3.63) is 194 Å². The summed E-state index contributed by atoms with van der Waals surface area (Å²) in [5, 5.41) is 6.08. The van der Waals surface area contributed by atoms with Crippen LogP contribution in [0.25, 0.3) is 97.4 Å². The van der Waals surface area contributed by atoms with Crippen LogP contribution in [0.2, 0.25) is 0 Å². The summed E-state index contributed by atoms with van der Waals surface area (Å²) in [5.41, 5.74) is 10.0. The van der Waals surface area contributed by atoms with Gasteiger partial charge in [-0.05, 0) is 108 Å². The number of hydrogen-bond donors (Lipinski definition) is 0. The van der Waals surface area contributed by atoms with E-state index in [9.17, 15) is 0 Å². The van der Waals surface area contributed by atoms with E-state index in [2.05, 4.69) is 121 Å². The molecule has 0 aliphatic rings. The summed E-state index contributed by atoms with van der Waals surface area (Å²) in [6.45, 7) is 0. The molecular weight excluding hydrogens is 633 g/mol. The Morgan fingerprint density at radius 2 is 0.706 bits per heavy atom. The fraction of sp³-hybridized carbons (Fsp3) is 0. The molecule has 0 bridgehead atoms. The van der Waals surface area contributed by atoms with E-state index in [1.165, 1.54) is 42.4 Å². The number of thiophene rings is 1. The maximum atomic E-state index is 8.85. The number of fused-ring (bicyclic) bond motifs is 5. The lowest BCUT2D eigenvalue weighted by atomic mass is 9.86. The number of benzene rings is 9. The SMILES string of the molecule is [2H]c1c([2H])c([2H])c(-c2c3ccccc3c(-c3ccc(-c4ccc5sc6ccc(-c7cccc(-c8ccccc8)c7)cc6c5c4)cc3)c3ccccc23)c([2H])c1[2H]. The molecule has 0 saturated heterocycles. The molecule has 0 aliphatic carbocycles. The van der Waals surface area contributed by atoms with Crippen molar-refractivity contribution in [2.24, 2.45) is 0 Å². The Morgan fingerprint density at radius 1 is 0.294 bits per heavy atom. The second-order valence-corrected chi connectivity index (χ2v) is 14.0. The third-order valence-corrected chi connectivity index (χ3v) is 11.1. The smallest absolute Gasteiger partial charge is 0.0629 e. The van der Waals surface area contributed by atoms with Crippen LogP contribution < -0.4 is 0 Å². The zero-order chi connectivity index (χ0) is 38.1. The maximum Gasteiger partial charge on any atom is 0.0629 e. The normalized spacial score (nSPS) is 12.9. The molecule has 0 radical (unpaired) electrons. The van der Waals surface area contributed by atoms with Crippen molar-refractivity contribution in [1.29, 1.82) is 0 Å². The third-order valence-electron chi connectivity index (χ3n) is 9.96. The van der Waals surface area contributed by atoms with Crippen molar-refractivity contribution in [2.75, 3.05) is 0 Å². The summed E-state index contributed by atoms with van der Waals surface area (Å²) in [5.74, 6) is 0. The van der Waals surface area contributed by atoms with Crippen LogP contribution in [0.3, 0.4) is 0 Å². The van der Waals surface area contributed by atoms with Crippen LogP contribution in [0.5, 0.6) is 0 Å². The first kappa shape index (κ1) is 24.8. The van der Waals surface area contributed by atoms with Gasteiger partial charge in [0.25, 0.3) is 0 Å². The van der Waals surface area contributed by atoms with Crippen molar-refractivity contribution in [2.45, 2.75) is 0 Å².